The number of benzene rings is 1. The maximum absolute atomic E-state index is 13.7. The quantitative estimate of drug-likeness (QED) is 0.789. The summed E-state index contributed by atoms with van der Waals surface area (Å²) < 4.78 is 27.2. The summed E-state index contributed by atoms with van der Waals surface area (Å²) in [7, 11) is 0. The van der Waals surface area contributed by atoms with Crippen LogP contribution in [0, 0.1) is 11.6 Å². The maximum atomic E-state index is 13.7. The molecule has 4 nitrogen and oxygen atoms in total. The fourth-order valence-corrected chi connectivity index (χ4v) is 2.27. The monoisotopic (exact) mass is 271 g/mol. The van der Waals surface area contributed by atoms with Gasteiger partial charge in [0.15, 0.2) is 11.6 Å². The van der Waals surface area contributed by atoms with Crippen molar-refractivity contribution < 1.29 is 23.8 Å². The van der Waals surface area contributed by atoms with Crippen LogP contribution in [0.3, 0.4) is 0 Å². The highest BCUT2D eigenvalue weighted by molar-refractivity contribution is 5.88. The number of hydrogen-bond acceptors (Lipinski definition) is 3. The second-order valence-corrected chi connectivity index (χ2v) is 4.74. The van der Waals surface area contributed by atoms with Crippen LogP contribution in [0.25, 0.3) is 0 Å². The average molecular weight is 271 g/mol. The molecule has 1 saturated carbocycles. The molecule has 0 spiro atoms. The Balaban J connectivity index is 2.13. The molecule has 0 unspecified atom stereocenters. The van der Waals surface area contributed by atoms with Gasteiger partial charge >= 0.3 is 5.97 Å². The molecular weight excluding hydrogens is 256 g/mol. The van der Waals surface area contributed by atoms with Crippen LogP contribution in [0.1, 0.15) is 36.0 Å². The van der Waals surface area contributed by atoms with Gasteiger partial charge in [-0.15, -0.1) is 0 Å². The zero-order chi connectivity index (χ0) is 14.0. The summed E-state index contributed by atoms with van der Waals surface area (Å²) in [6.45, 7) is 0. The molecule has 1 aromatic rings. The molecule has 0 heterocycles. The molecule has 0 radical (unpaired) electrons. The van der Waals surface area contributed by atoms with Gasteiger partial charge in [-0.05, 0) is 37.8 Å². The minimum absolute atomic E-state index is 0.0343. The van der Waals surface area contributed by atoms with Gasteiger partial charge in [0.05, 0.1) is 17.4 Å². The summed E-state index contributed by atoms with van der Waals surface area (Å²) in [5.74, 6) is -4.02. The highest BCUT2D eigenvalue weighted by atomic mass is 19.2. The van der Waals surface area contributed by atoms with Crippen molar-refractivity contribution in [3.05, 3.63) is 29.3 Å². The zero-order valence-corrected chi connectivity index (χ0v) is 10.2. The van der Waals surface area contributed by atoms with Gasteiger partial charge in [0.25, 0.3) is 0 Å². The Morgan fingerprint density at radius 1 is 1.16 bits per heavy atom. The van der Waals surface area contributed by atoms with Gasteiger partial charge in [-0.1, -0.05) is 0 Å². The number of aliphatic hydroxyl groups excluding tert-OH is 1. The maximum Gasteiger partial charge on any atom is 0.338 e. The van der Waals surface area contributed by atoms with Crippen molar-refractivity contribution in [3.63, 3.8) is 0 Å². The van der Waals surface area contributed by atoms with Crippen LogP contribution >= 0.6 is 0 Å². The molecule has 0 bridgehead atoms. The van der Waals surface area contributed by atoms with Crippen LogP contribution < -0.4 is 5.32 Å². The second kappa shape index (κ2) is 5.52. The number of carboxylic acids is 1. The van der Waals surface area contributed by atoms with E-state index in [-0.39, 0.29) is 17.8 Å². The number of carbonyl (C=O) groups is 1. The van der Waals surface area contributed by atoms with E-state index >= 15 is 0 Å². The van der Waals surface area contributed by atoms with Crippen molar-refractivity contribution >= 4 is 11.7 Å². The number of carboxylic acid groups (broad SMARTS) is 1. The van der Waals surface area contributed by atoms with E-state index in [1.54, 1.807) is 0 Å². The van der Waals surface area contributed by atoms with E-state index < -0.39 is 23.2 Å². The van der Waals surface area contributed by atoms with Gasteiger partial charge in [-0.2, -0.15) is 0 Å². The van der Waals surface area contributed by atoms with Crippen molar-refractivity contribution in [3.8, 4) is 0 Å². The van der Waals surface area contributed by atoms with Crippen molar-refractivity contribution in [1.29, 1.82) is 0 Å². The Hall–Kier alpha value is -1.69. The van der Waals surface area contributed by atoms with Gasteiger partial charge < -0.3 is 15.5 Å². The van der Waals surface area contributed by atoms with Gasteiger partial charge in [0.1, 0.15) is 0 Å². The Morgan fingerprint density at radius 3 is 2.37 bits per heavy atom. The predicted molar refractivity (Wildman–Crippen MR) is 65.2 cm³/mol. The van der Waals surface area contributed by atoms with Gasteiger partial charge in [0.2, 0.25) is 0 Å². The van der Waals surface area contributed by atoms with Crippen LogP contribution in [-0.2, 0) is 0 Å². The van der Waals surface area contributed by atoms with Gasteiger partial charge in [-0.25, -0.2) is 13.6 Å². The molecule has 0 amide bonds. The Morgan fingerprint density at radius 2 is 1.79 bits per heavy atom. The molecule has 6 heteroatoms. The molecule has 19 heavy (non-hydrogen) atoms. The summed E-state index contributed by atoms with van der Waals surface area (Å²) in [5, 5.41) is 20.9. The smallest absolute Gasteiger partial charge is 0.338 e. The molecule has 1 aliphatic carbocycles. The Bertz CT molecular complexity index is 485. The number of aromatic carboxylic acids is 1. The number of hydrogen-bond donors (Lipinski definition) is 3. The van der Waals surface area contributed by atoms with Crippen molar-refractivity contribution in [1.82, 2.24) is 0 Å². The number of nitrogens with one attached hydrogen (secondary N) is 1. The topological polar surface area (TPSA) is 69.6 Å². The molecule has 2 rings (SSSR count). The number of aliphatic hydroxyl groups is 1. The normalized spacial score (nSPS) is 23.1. The van der Waals surface area contributed by atoms with E-state index in [4.69, 9.17) is 5.11 Å². The molecule has 1 fully saturated rings. The third-order valence-electron chi connectivity index (χ3n) is 3.37. The number of anilines is 1. The molecule has 0 saturated heterocycles. The van der Waals surface area contributed by atoms with Crippen molar-refractivity contribution in [2.24, 2.45) is 0 Å². The summed E-state index contributed by atoms with van der Waals surface area (Å²) in [4.78, 5) is 10.7. The fourth-order valence-electron chi connectivity index (χ4n) is 2.27. The molecule has 0 aromatic heterocycles. The minimum atomic E-state index is -1.50. The van der Waals surface area contributed by atoms with Crippen LogP contribution in [0.15, 0.2) is 12.1 Å². The predicted octanol–water partition coefficient (Wildman–Crippen LogP) is 2.38. The molecule has 1 aliphatic rings. The van der Waals surface area contributed by atoms with Crippen molar-refractivity contribution in [2.75, 3.05) is 5.32 Å². The first-order chi connectivity index (χ1) is 8.99. The van der Waals surface area contributed by atoms with Crippen LogP contribution in [0.4, 0.5) is 14.5 Å². The van der Waals surface area contributed by atoms with Gasteiger partial charge in [0, 0.05) is 6.04 Å². The average Bonchev–Trinajstić information content (AvgIpc) is 2.37. The van der Waals surface area contributed by atoms with Crippen LogP contribution in [-0.4, -0.2) is 28.3 Å². The lowest BCUT2D eigenvalue weighted by Crippen LogP contribution is -2.28. The molecule has 1 aromatic carbocycles. The molecule has 0 aliphatic heterocycles. The fraction of sp³-hybridized carbons (Fsp3) is 0.462. The van der Waals surface area contributed by atoms with E-state index in [0.717, 1.165) is 6.07 Å². The third-order valence-corrected chi connectivity index (χ3v) is 3.37. The number of rotatable bonds is 3. The molecular formula is C13H15F2NO3. The number of halogens is 2. The van der Waals surface area contributed by atoms with E-state index in [9.17, 15) is 18.7 Å². The first kappa shape index (κ1) is 13.7. The first-order valence-electron chi connectivity index (χ1n) is 6.15. The lowest BCUT2D eigenvalue weighted by molar-refractivity contribution is 0.0690. The van der Waals surface area contributed by atoms with E-state index in [1.165, 1.54) is 6.07 Å². The zero-order valence-electron chi connectivity index (χ0n) is 10.2. The Labute approximate surface area is 109 Å². The summed E-state index contributed by atoms with van der Waals surface area (Å²) in [6.07, 6.45) is 2.25. The summed E-state index contributed by atoms with van der Waals surface area (Å²) >= 11 is 0. The standard InChI is InChI=1S/C13H15F2NO3/c14-11-9(13(18)19)5-6-10(12(11)15)16-7-1-3-8(17)4-2-7/h5-8,16-17H,1-4H2,(H,18,19). The molecule has 3 N–H and O–H groups in total. The molecule has 0 atom stereocenters. The Kier molecular flexibility index (Phi) is 3.99. The highest BCUT2D eigenvalue weighted by Crippen LogP contribution is 2.26. The lowest BCUT2D eigenvalue weighted by atomic mass is 9.93. The van der Waals surface area contributed by atoms with E-state index in [2.05, 4.69) is 5.32 Å². The SMILES string of the molecule is O=C(O)c1ccc(NC2CCC(O)CC2)c(F)c1F. The van der Waals surface area contributed by atoms with Gasteiger partial charge in [-0.3, -0.25) is 0 Å². The second-order valence-electron chi connectivity index (χ2n) is 4.74. The summed E-state index contributed by atoms with van der Waals surface area (Å²) in [5.41, 5.74) is -0.717. The third kappa shape index (κ3) is 3.01. The first-order valence-corrected chi connectivity index (χ1v) is 6.15. The van der Waals surface area contributed by atoms with Crippen LogP contribution in [0.2, 0.25) is 0 Å². The lowest BCUT2D eigenvalue weighted by Gasteiger charge is -2.27. The largest absolute Gasteiger partial charge is 0.478 e. The highest BCUT2D eigenvalue weighted by Gasteiger charge is 2.22. The minimum Gasteiger partial charge on any atom is -0.478 e. The van der Waals surface area contributed by atoms with E-state index in [0.29, 0.717) is 25.7 Å². The van der Waals surface area contributed by atoms with Crippen LogP contribution in [0.5, 0.6) is 0 Å². The van der Waals surface area contributed by atoms with E-state index in [1.807, 2.05) is 0 Å². The molecule has 104 valence electrons. The summed E-state index contributed by atoms with van der Waals surface area (Å²) in [6, 6.07) is 2.24. The van der Waals surface area contributed by atoms with Crippen molar-refractivity contribution in [2.45, 2.75) is 37.8 Å².